The third-order valence-electron chi connectivity index (χ3n) is 4.20. The van der Waals surface area contributed by atoms with Gasteiger partial charge in [-0.15, -0.1) is 0 Å². The zero-order valence-electron chi connectivity index (χ0n) is 13.7. The lowest BCUT2D eigenvalue weighted by molar-refractivity contribution is 0.0702. The van der Waals surface area contributed by atoms with Crippen molar-refractivity contribution in [3.63, 3.8) is 0 Å². The summed E-state index contributed by atoms with van der Waals surface area (Å²) in [5.41, 5.74) is 1.41. The summed E-state index contributed by atoms with van der Waals surface area (Å²) in [5.74, 6) is 1.77. The Kier molecular flexibility index (Phi) is 4.36. The van der Waals surface area contributed by atoms with Gasteiger partial charge in [-0.3, -0.25) is 4.79 Å². The van der Waals surface area contributed by atoms with Gasteiger partial charge in [0.05, 0.1) is 11.3 Å². The molecular weight excluding hydrogens is 294 g/mol. The normalized spacial score (nSPS) is 16.1. The summed E-state index contributed by atoms with van der Waals surface area (Å²) < 4.78 is 5.25. The predicted molar refractivity (Wildman–Crippen MR) is 83.0 cm³/mol. The molecule has 1 amide bonds. The van der Waals surface area contributed by atoms with Gasteiger partial charge in [0.1, 0.15) is 6.33 Å². The maximum Gasteiger partial charge on any atom is 0.257 e. The number of piperidine rings is 1. The Bertz CT molecular complexity index is 689. The molecule has 3 rings (SSSR count). The van der Waals surface area contributed by atoms with Crippen molar-refractivity contribution in [2.75, 3.05) is 13.1 Å². The summed E-state index contributed by atoms with van der Waals surface area (Å²) in [6, 6.07) is 0. The minimum Gasteiger partial charge on any atom is -0.339 e. The minimum absolute atomic E-state index is 0.00876. The van der Waals surface area contributed by atoms with Crippen LogP contribution in [0.2, 0.25) is 0 Å². The van der Waals surface area contributed by atoms with E-state index in [0.717, 1.165) is 18.5 Å². The standard InChI is InChI=1S/C16H21N5O2/c1-10(2)14-13(8-17-9-18-14)16(22)21-6-4-12(5-7-21)15-19-11(3)20-23-15/h8-10,12H,4-7H2,1-3H3. The molecule has 0 atom stereocenters. The molecule has 23 heavy (non-hydrogen) atoms. The number of hydrogen-bond acceptors (Lipinski definition) is 6. The van der Waals surface area contributed by atoms with Gasteiger partial charge in [0.2, 0.25) is 5.89 Å². The van der Waals surface area contributed by atoms with Crippen molar-refractivity contribution < 1.29 is 9.32 Å². The zero-order valence-corrected chi connectivity index (χ0v) is 13.7. The highest BCUT2D eigenvalue weighted by Gasteiger charge is 2.29. The Morgan fingerprint density at radius 3 is 2.70 bits per heavy atom. The van der Waals surface area contributed by atoms with Crippen LogP contribution >= 0.6 is 0 Å². The molecule has 0 radical (unpaired) electrons. The number of carbonyl (C=O) groups is 1. The first-order valence-corrected chi connectivity index (χ1v) is 7.95. The van der Waals surface area contributed by atoms with E-state index in [1.165, 1.54) is 6.33 Å². The molecule has 7 heteroatoms. The Labute approximate surface area is 135 Å². The molecule has 1 fully saturated rings. The maximum absolute atomic E-state index is 12.8. The van der Waals surface area contributed by atoms with Crippen molar-refractivity contribution in [1.82, 2.24) is 25.0 Å². The number of hydrogen-bond donors (Lipinski definition) is 0. The lowest BCUT2D eigenvalue weighted by Gasteiger charge is -2.30. The van der Waals surface area contributed by atoms with Crippen LogP contribution in [0.15, 0.2) is 17.0 Å². The molecule has 3 heterocycles. The summed E-state index contributed by atoms with van der Waals surface area (Å²) in [4.78, 5) is 27.2. The first kappa shape index (κ1) is 15.6. The third kappa shape index (κ3) is 3.23. The SMILES string of the molecule is Cc1noc(C2CCN(C(=O)c3cncnc3C(C)C)CC2)n1. The molecule has 2 aromatic rings. The maximum atomic E-state index is 12.8. The van der Waals surface area contributed by atoms with E-state index in [4.69, 9.17) is 4.52 Å². The Morgan fingerprint density at radius 2 is 2.09 bits per heavy atom. The Balaban J connectivity index is 1.69. The van der Waals surface area contributed by atoms with Gasteiger partial charge in [0.15, 0.2) is 5.82 Å². The van der Waals surface area contributed by atoms with Crippen LogP contribution in [0.25, 0.3) is 0 Å². The fourth-order valence-corrected chi connectivity index (χ4v) is 2.94. The van der Waals surface area contributed by atoms with Gasteiger partial charge in [-0.2, -0.15) is 4.98 Å². The number of rotatable bonds is 3. The van der Waals surface area contributed by atoms with Gasteiger partial charge in [-0.1, -0.05) is 19.0 Å². The number of likely N-dealkylation sites (tertiary alicyclic amines) is 1. The molecule has 0 aromatic carbocycles. The van der Waals surface area contributed by atoms with Gasteiger partial charge in [-0.25, -0.2) is 9.97 Å². The number of amides is 1. The van der Waals surface area contributed by atoms with Crippen molar-refractivity contribution in [3.05, 3.63) is 35.5 Å². The highest BCUT2D eigenvalue weighted by atomic mass is 16.5. The first-order chi connectivity index (χ1) is 11.1. The topological polar surface area (TPSA) is 85.0 Å². The van der Waals surface area contributed by atoms with Crippen molar-refractivity contribution in [2.45, 2.75) is 45.4 Å². The fourth-order valence-electron chi connectivity index (χ4n) is 2.94. The number of aromatic nitrogens is 4. The zero-order chi connectivity index (χ0) is 16.4. The van der Waals surface area contributed by atoms with Crippen LogP contribution < -0.4 is 0 Å². The molecule has 122 valence electrons. The van der Waals surface area contributed by atoms with E-state index in [1.54, 1.807) is 6.20 Å². The fraction of sp³-hybridized carbons (Fsp3) is 0.562. The molecule has 7 nitrogen and oxygen atoms in total. The van der Waals surface area contributed by atoms with Crippen LogP contribution in [0.3, 0.4) is 0 Å². The van der Waals surface area contributed by atoms with Crippen molar-refractivity contribution in [1.29, 1.82) is 0 Å². The molecule has 0 unspecified atom stereocenters. The van der Waals surface area contributed by atoms with Crippen LogP contribution in [0.5, 0.6) is 0 Å². The molecular formula is C16H21N5O2. The summed E-state index contributed by atoms with van der Waals surface area (Å²) in [6.07, 6.45) is 4.78. The molecule has 1 aliphatic heterocycles. The van der Waals surface area contributed by atoms with Gasteiger partial charge in [0.25, 0.3) is 5.91 Å². The van der Waals surface area contributed by atoms with E-state index in [-0.39, 0.29) is 17.7 Å². The third-order valence-corrected chi connectivity index (χ3v) is 4.20. The van der Waals surface area contributed by atoms with Crippen LogP contribution in [-0.2, 0) is 0 Å². The summed E-state index contributed by atoms with van der Waals surface area (Å²) in [5, 5.41) is 3.84. The van der Waals surface area contributed by atoms with Crippen molar-refractivity contribution in [3.8, 4) is 0 Å². The van der Waals surface area contributed by atoms with Gasteiger partial charge in [0, 0.05) is 25.2 Å². The van der Waals surface area contributed by atoms with Crippen LogP contribution in [0.1, 0.15) is 66.3 Å². The summed E-state index contributed by atoms with van der Waals surface area (Å²) in [6.45, 7) is 7.23. The highest BCUT2D eigenvalue weighted by molar-refractivity contribution is 5.95. The lowest BCUT2D eigenvalue weighted by Crippen LogP contribution is -2.38. The smallest absolute Gasteiger partial charge is 0.257 e. The summed E-state index contributed by atoms with van der Waals surface area (Å²) in [7, 11) is 0. The molecule has 0 spiro atoms. The van der Waals surface area contributed by atoms with E-state index in [2.05, 4.69) is 20.1 Å². The van der Waals surface area contributed by atoms with Gasteiger partial charge >= 0.3 is 0 Å². The quantitative estimate of drug-likeness (QED) is 0.864. The summed E-state index contributed by atoms with van der Waals surface area (Å²) >= 11 is 0. The molecule has 1 aliphatic rings. The molecule has 0 N–H and O–H groups in total. The van der Waals surface area contributed by atoms with Crippen molar-refractivity contribution in [2.24, 2.45) is 0 Å². The van der Waals surface area contributed by atoms with Gasteiger partial charge in [-0.05, 0) is 25.7 Å². The number of nitrogens with zero attached hydrogens (tertiary/aromatic N) is 5. The second-order valence-corrected chi connectivity index (χ2v) is 6.22. The predicted octanol–water partition coefficient (Wildman–Crippen LogP) is 2.31. The Morgan fingerprint density at radius 1 is 1.35 bits per heavy atom. The van der Waals surface area contributed by atoms with Crippen LogP contribution in [0.4, 0.5) is 0 Å². The lowest BCUT2D eigenvalue weighted by atomic mass is 9.95. The molecule has 1 saturated heterocycles. The molecule has 0 saturated carbocycles. The Hall–Kier alpha value is -2.31. The second-order valence-electron chi connectivity index (χ2n) is 6.22. The minimum atomic E-state index is 0.00876. The van der Waals surface area contributed by atoms with Crippen LogP contribution in [-0.4, -0.2) is 44.0 Å². The van der Waals surface area contributed by atoms with Gasteiger partial charge < -0.3 is 9.42 Å². The van der Waals surface area contributed by atoms with E-state index in [0.29, 0.717) is 30.4 Å². The first-order valence-electron chi connectivity index (χ1n) is 7.95. The molecule has 0 aliphatic carbocycles. The van der Waals surface area contributed by atoms with Crippen LogP contribution in [0, 0.1) is 6.92 Å². The van der Waals surface area contributed by atoms with E-state index in [9.17, 15) is 4.79 Å². The largest absolute Gasteiger partial charge is 0.339 e. The van der Waals surface area contributed by atoms with E-state index in [1.807, 2.05) is 25.7 Å². The number of carbonyl (C=O) groups excluding carboxylic acids is 1. The molecule has 0 bridgehead atoms. The number of aryl methyl sites for hydroxylation is 1. The highest BCUT2D eigenvalue weighted by Crippen LogP contribution is 2.28. The van der Waals surface area contributed by atoms with Crippen molar-refractivity contribution >= 4 is 5.91 Å². The average Bonchev–Trinajstić information content (AvgIpc) is 3.01. The average molecular weight is 315 g/mol. The second kappa shape index (κ2) is 6.44. The van der Waals surface area contributed by atoms with E-state index >= 15 is 0 Å². The molecule has 2 aromatic heterocycles. The van der Waals surface area contributed by atoms with E-state index < -0.39 is 0 Å². The monoisotopic (exact) mass is 315 g/mol.